The van der Waals surface area contributed by atoms with Crippen LogP contribution in [0, 0.1) is 0 Å². The van der Waals surface area contributed by atoms with Gasteiger partial charge in [-0.15, -0.1) is 0 Å². The molecule has 0 fully saturated rings. The van der Waals surface area contributed by atoms with Crippen molar-refractivity contribution in [2.75, 3.05) is 5.32 Å². The first-order valence-corrected chi connectivity index (χ1v) is 7.11. The summed E-state index contributed by atoms with van der Waals surface area (Å²) in [6.45, 7) is 0.679. The minimum Gasteiger partial charge on any atom is -0.383 e. The average Bonchev–Trinajstić information content (AvgIpc) is 2.86. The Morgan fingerprint density at radius 1 is 1.00 bits per heavy atom. The van der Waals surface area contributed by atoms with E-state index in [9.17, 15) is 0 Å². The van der Waals surface area contributed by atoms with E-state index in [2.05, 4.69) is 27.5 Å². The highest BCUT2D eigenvalue weighted by Gasteiger charge is 2.19. The van der Waals surface area contributed by atoms with Crippen LogP contribution in [0.15, 0.2) is 65.8 Å². The summed E-state index contributed by atoms with van der Waals surface area (Å²) in [5, 5.41) is 7.86. The van der Waals surface area contributed by atoms with Crippen LogP contribution in [-0.4, -0.2) is 15.6 Å². The van der Waals surface area contributed by atoms with Crippen LogP contribution in [0.4, 0.5) is 17.2 Å². The highest BCUT2D eigenvalue weighted by atomic mass is 15.3. The van der Waals surface area contributed by atoms with Gasteiger partial charge in [0.1, 0.15) is 11.7 Å². The Bertz CT molecular complexity index is 848. The second kappa shape index (κ2) is 5.04. The Morgan fingerprint density at radius 3 is 2.64 bits per heavy atom. The number of para-hydroxylation sites is 2. The number of hydrogen-bond acceptors (Lipinski definition) is 4. The fourth-order valence-corrected chi connectivity index (χ4v) is 2.58. The van der Waals surface area contributed by atoms with Crippen LogP contribution in [0.3, 0.4) is 0 Å². The highest BCUT2D eigenvalue weighted by Crippen LogP contribution is 2.33. The van der Waals surface area contributed by atoms with Gasteiger partial charge >= 0.3 is 0 Å². The molecule has 5 nitrogen and oxygen atoms in total. The summed E-state index contributed by atoms with van der Waals surface area (Å²) in [6.07, 6.45) is 1.76. The largest absolute Gasteiger partial charge is 0.383 e. The van der Waals surface area contributed by atoms with E-state index in [4.69, 9.17) is 5.73 Å². The summed E-state index contributed by atoms with van der Waals surface area (Å²) in [4.78, 5) is 4.48. The number of benzene rings is 2. The fourth-order valence-electron chi connectivity index (χ4n) is 2.58. The van der Waals surface area contributed by atoms with Gasteiger partial charge in [0.05, 0.1) is 29.7 Å². The molecule has 0 spiro atoms. The third-order valence-electron chi connectivity index (χ3n) is 3.69. The minimum atomic E-state index is 0.478. The Hall–Kier alpha value is -3.08. The fraction of sp³-hybridized carbons (Fsp3) is 0.0588. The standard InChI is InChI=1S/C17H15N5/c18-16-13-10-19-22(11-12-6-2-1-3-7-12)17(13)21-15-9-5-4-8-14(15)20-16/h1-10,21H,11H2,(H2,18,20). The highest BCUT2D eigenvalue weighted by molar-refractivity contribution is 6.05. The van der Waals surface area contributed by atoms with E-state index >= 15 is 0 Å². The second-order valence-corrected chi connectivity index (χ2v) is 5.19. The van der Waals surface area contributed by atoms with Crippen LogP contribution in [0.25, 0.3) is 0 Å². The maximum absolute atomic E-state index is 6.12. The number of nitrogens with zero attached hydrogens (tertiary/aromatic N) is 3. The van der Waals surface area contributed by atoms with E-state index in [-0.39, 0.29) is 0 Å². The molecule has 3 N–H and O–H groups in total. The van der Waals surface area contributed by atoms with Crippen LogP contribution in [-0.2, 0) is 6.54 Å². The lowest BCUT2D eigenvalue weighted by Gasteiger charge is -2.11. The molecule has 0 aliphatic carbocycles. The SMILES string of the molecule is NC1=Nc2ccccc2Nc2c1cnn2Cc1ccccc1. The van der Waals surface area contributed by atoms with E-state index in [1.54, 1.807) is 6.20 Å². The van der Waals surface area contributed by atoms with Crippen LogP contribution in [0.5, 0.6) is 0 Å². The van der Waals surface area contributed by atoms with Crippen LogP contribution >= 0.6 is 0 Å². The van der Waals surface area contributed by atoms with Crippen molar-refractivity contribution in [3.05, 3.63) is 71.9 Å². The zero-order chi connectivity index (χ0) is 14.9. The molecule has 0 amide bonds. The molecule has 1 aliphatic heterocycles. The zero-order valence-corrected chi connectivity index (χ0v) is 11.9. The molecule has 1 aliphatic rings. The Morgan fingerprint density at radius 2 is 1.77 bits per heavy atom. The lowest BCUT2D eigenvalue weighted by Crippen LogP contribution is -2.13. The lowest BCUT2D eigenvalue weighted by atomic mass is 10.2. The van der Waals surface area contributed by atoms with E-state index < -0.39 is 0 Å². The molecule has 0 saturated heterocycles. The van der Waals surface area contributed by atoms with Crippen molar-refractivity contribution < 1.29 is 0 Å². The molecule has 22 heavy (non-hydrogen) atoms. The summed E-state index contributed by atoms with van der Waals surface area (Å²) in [7, 11) is 0. The second-order valence-electron chi connectivity index (χ2n) is 5.19. The third-order valence-corrected chi connectivity index (χ3v) is 3.69. The van der Waals surface area contributed by atoms with Crippen LogP contribution in [0.1, 0.15) is 11.1 Å². The van der Waals surface area contributed by atoms with Gasteiger partial charge in [-0.05, 0) is 17.7 Å². The van der Waals surface area contributed by atoms with Gasteiger partial charge < -0.3 is 11.1 Å². The number of amidine groups is 1. The predicted molar refractivity (Wildman–Crippen MR) is 87.9 cm³/mol. The van der Waals surface area contributed by atoms with Gasteiger partial charge in [-0.1, -0.05) is 42.5 Å². The Kier molecular flexibility index (Phi) is 2.89. The molecular formula is C17H15N5. The minimum absolute atomic E-state index is 0.478. The Balaban J connectivity index is 1.78. The van der Waals surface area contributed by atoms with E-state index in [1.165, 1.54) is 5.56 Å². The van der Waals surface area contributed by atoms with Crippen LogP contribution in [0.2, 0.25) is 0 Å². The Labute approximate surface area is 128 Å². The van der Waals surface area contributed by atoms with Gasteiger partial charge in [0.15, 0.2) is 0 Å². The summed E-state index contributed by atoms with van der Waals surface area (Å²) >= 11 is 0. The normalized spacial score (nSPS) is 12.6. The molecule has 0 unspecified atom stereocenters. The maximum Gasteiger partial charge on any atom is 0.140 e. The first kappa shape index (κ1) is 12.6. The van der Waals surface area contributed by atoms with E-state index in [0.717, 1.165) is 22.8 Å². The third kappa shape index (κ3) is 2.13. The van der Waals surface area contributed by atoms with E-state index in [1.807, 2.05) is 47.1 Å². The number of nitrogens with two attached hydrogens (primary N) is 1. The van der Waals surface area contributed by atoms with Crippen LogP contribution < -0.4 is 11.1 Å². The molecule has 0 atom stereocenters. The van der Waals surface area contributed by atoms with Gasteiger partial charge in [-0.25, -0.2) is 9.67 Å². The van der Waals surface area contributed by atoms with Gasteiger partial charge in [-0.2, -0.15) is 5.10 Å². The number of hydrogen-bond donors (Lipinski definition) is 2. The molecule has 0 saturated carbocycles. The first-order valence-electron chi connectivity index (χ1n) is 7.11. The summed E-state index contributed by atoms with van der Waals surface area (Å²) in [6, 6.07) is 18.1. The summed E-state index contributed by atoms with van der Waals surface area (Å²) in [5.41, 5.74) is 9.90. The number of fused-ring (bicyclic) bond motifs is 2. The van der Waals surface area contributed by atoms with Gasteiger partial charge in [0, 0.05) is 0 Å². The molecule has 108 valence electrons. The van der Waals surface area contributed by atoms with E-state index in [0.29, 0.717) is 12.4 Å². The number of anilines is 2. The lowest BCUT2D eigenvalue weighted by molar-refractivity contribution is 0.695. The number of aromatic nitrogens is 2. The molecule has 4 rings (SSSR count). The quantitative estimate of drug-likeness (QED) is 0.762. The number of rotatable bonds is 2. The number of aliphatic imine (C=N–C) groups is 1. The van der Waals surface area contributed by atoms with Crippen molar-refractivity contribution in [1.29, 1.82) is 0 Å². The molecule has 2 aromatic carbocycles. The molecule has 2 heterocycles. The number of nitrogens with one attached hydrogen (secondary N) is 1. The molecule has 5 heteroatoms. The van der Waals surface area contributed by atoms with Crippen molar-refractivity contribution >= 4 is 23.0 Å². The predicted octanol–water partition coefficient (Wildman–Crippen LogP) is 3.03. The summed E-state index contributed by atoms with van der Waals surface area (Å²) < 4.78 is 1.91. The van der Waals surface area contributed by atoms with Gasteiger partial charge in [0.25, 0.3) is 0 Å². The molecular weight excluding hydrogens is 274 g/mol. The summed E-state index contributed by atoms with van der Waals surface area (Å²) in [5.74, 6) is 1.35. The smallest absolute Gasteiger partial charge is 0.140 e. The van der Waals surface area contributed by atoms with Crippen molar-refractivity contribution in [1.82, 2.24) is 9.78 Å². The molecule has 0 radical (unpaired) electrons. The first-order chi connectivity index (χ1) is 10.8. The molecule has 1 aromatic heterocycles. The topological polar surface area (TPSA) is 68.2 Å². The monoisotopic (exact) mass is 289 g/mol. The average molecular weight is 289 g/mol. The molecule has 3 aromatic rings. The van der Waals surface area contributed by atoms with Gasteiger partial charge in [0.2, 0.25) is 0 Å². The van der Waals surface area contributed by atoms with Crippen molar-refractivity contribution in [2.45, 2.75) is 6.54 Å². The molecule has 0 bridgehead atoms. The van der Waals surface area contributed by atoms with Crippen molar-refractivity contribution in [3.8, 4) is 0 Å². The zero-order valence-electron chi connectivity index (χ0n) is 11.9. The van der Waals surface area contributed by atoms with Gasteiger partial charge in [-0.3, -0.25) is 0 Å². The van der Waals surface area contributed by atoms with Crippen molar-refractivity contribution in [3.63, 3.8) is 0 Å². The van der Waals surface area contributed by atoms with Crippen molar-refractivity contribution in [2.24, 2.45) is 10.7 Å². The maximum atomic E-state index is 6.12.